The van der Waals surface area contributed by atoms with Crippen LogP contribution in [-0.4, -0.2) is 22.6 Å². The Balaban J connectivity index is 2.22. The number of ether oxygens (including phenoxy) is 1. The minimum Gasteiger partial charge on any atom is -0.495 e. The summed E-state index contributed by atoms with van der Waals surface area (Å²) in [7, 11) is 1.48. The molecule has 1 heterocycles. The lowest BCUT2D eigenvalue weighted by Gasteiger charge is -2.09. The molecule has 122 valence electrons. The van der Waals surface area contributed by atoms with Gasteiger partial charge < -0.3 is 9.72 Å². The van der Waals surface area contributed by atoms with Crippen LogP contribution in [0.4, 0.5) is 0 Å². The predicted molar refractivity (Wildman–Crippen MR) is 104 cm³/mol. The van der Waals surface area contributed by atoms with Crippen LogP contribution in [0.5, 0.6) is 5.75 Å². The highest BCUT2D eigenvalue weighted by Gasteiger charge is 2.16. The number of carbonyl (C=O) groups excluding carboxylic acids is 1. The van der Waals surface area contributed by atoms with Gasteiger partial charge in [0.25, 0.3) is 11.5 Å². The summed E-state index contributed by atoms with van der Waals surface area (Å²) in [5.41, 5.74) is 0.360. The Bertz CT molecular complexity index is 1090. The van der Waals surface area contributed by atoms with Crippen LogP contribution in [0.3, 0.4) is 0 Å². The van der Waals surface area contributed by atoms with Gasteiger partial charge in [0.2, 0.25) is 0 Å². The SMILES string of the molecule is COc1ccc(C(=O)n2c(=S)[nH]c3ccc(I)cc3c2=O)cc1Cl. The van der Waals surface area contributed by atoms with Gasteiger partial charge in [0.05, 0.1) is 23.0 Å². The van der Waals surface area contributed by atoms with E-state index in [1.165, 1.54) is 19.2 Å². The molecule has 2 aromatic carbocycles. The topological polar surface area (TPSA) is 64.1 Å². The highest BCUT2D eigenvalue weighted by atomic mass is 127. The maximum absolute atomic E-state index is 12.7. The molecule has 3 aromatic rings. The van der Waals surface area contributed by atoms with E-state index < -0.39 is 11.5 Å². The number of methoxy groups -OCH3 is 1. The first-order valence-corrected chi connectivity index (χ1v) is 8.61. The molecule has 5 nitrogen and oxygen atoms in total. The van der Waals surface area contributed by atoms with Gasteiger partial charge >= 0.3 is 0 Å². The van der Waals surface area contributed by atoms with Crippen LogP contribution in [0.25, 0.3) is 10.9 Å². The molecular formula is C16H10ClIN2O3S. The third kappa shape index (κ3) is 2.99. The Labute approximate surface area is 160 Å². The number of carbonyl (C=O) groups is 1. The number of hydrogen-bond donors (Lipinski definition) is 1. The fourth-order valence-electron chi connectivity index (χ4n) is 2.30. The van der Waals surface area contributed by atoms with Gasteiger partial charge in [-0.1, -0.05) is 11.6 Å². The quantitative estimate of drug-likeness (QED) is 0.452. The van der Waals surface area contributed by atoms with E-state index >= 15 is 0 Å². The third-order valence-electron chi connectivity index (χ3n) is 3.46. The van der Waals surface area contributed by atoms with Crippen molar-refractivity contribution in [2.24, 2.45) is 0 Å². The van der Waals surface area contributed by atoms with E-state index in [1.807, 2.05) is 6.07 Å². The normalized spacial score (nSPS) is 10.8. The van der Waals surface area contributed by atoms with E-state index in [9.17, 15) is 9.59 Å². The maximum atomic E-state index is 12.7. The second-order valence-corrected chi connectivity index (χ2v) is 6.95. The van der Waals surface area contributed by atoms with Gasteiger partial charge in [-0.3, -0.25) is 9.59 Å². The van der Waals surface area contributed by atoms with E-state index in [0.29, 0.717) is 16.7 Å². The van der Waals surface area contributed by atoms with Gasteiger partial charge in [-0.15, -0.1) is 0 Å². The number of H-pyrrole nitrogens is 1. The Morgan fingerprint density at radius 1 is 1.29 bits per heavy atom. The van der Waals surface area contributed by atoms with Crippen molar-refractivity contribution >= 4 is 63.2 Å². The lowest BCUT2D eigenvalue weighted by molar-refractivity contribution is 0.0953. The molecule has 0 atom stereocenters. The van der Waals surface area contributed by atoms with E-state index in [1.54, 1.807) is 18.2 Å². The molecule has 0 saturated carbocycles. The summed E-state index contributed by atoms with van der Waals surface area (Å²) in [6, 6.07) is 9.86. The molecule has 0 radical (unpaired) electrons. The molecule has 0 amide bonds. The average Bonchev–Trinajstić information content (AvgIpc) is 2.55. The Hall–Kier alpha value is -1.71. The summed E-state index contributed by atoms with van der Waals surface area (Å²) < 4.78 is 6.92. The molecule has 0 fully saturated rings. The number of rotatable bonds is 2. The van der Waals surface area contributed by atoms with Crippen molar-refractivity contribution in [2.75, 3.05) is 7.11 Å². The second kappa shape index (κ2) is 6.66. The molecule has 1 aromatic heterocycles. The monoisotopic (exact) mass is 472 g/mol. The number of halogens is 2. The zero-order chi connectivity index (χ0) is 17.4. The van der Waals surface area contributed by atoms with Crippen LogP contribution in [0, 0.1) is 8.34 Å². The Kier molecular flexibility index (Phi) is 4.75. The summed E-state index contributed by atoms with van der Waals surface area (Å²) in [5, 5.41) is 0.671. The summed E-state index contributed by atoms with van der Waals surface area (Å²) in [5.74, 6) is -0.106. The fourth-order valence-corrected chi connectivity index (χ4v) is 3.32. The standard InChI is InChI=1S/C16H10ClIN2O3S/c1-23-13-5-2-8(6-11(13)17)14(21)20-15(22)10-7-9(18)3-4-12(10)19-16(20)24/h2-7H,1H3,(H,19,24). The number of aromatic amines is 1. The van der Waals surface area contributed by atoms with Crippen molar-refractivity contribution < 1.29 is 9.53 Å². The first-order chi connectivity index (χ1) is 11.4. The van der Waals surface area contributed by atoms with Crippen molar-refractivity contribution in [1.82, 2.24) is 9.55 Å². The zero-order valence-corrected chi connectivity index (χ0v) is 16.0. The molecule has 0 saturated heterocycles. The second-order valence-electron chi connectivity index (χ2n) is 4.92. The largest absolute Gasteiger partial charge is 0.495 e. The molecule has 1 N–H and O–H groups in total. The van der Waals surface area contributed by atoms with Gasteiger partial charge in [-0.2, -0.15) is 0 Å². The van der Waals surface area contributed by atoms with Crippen LogP contribution in [0.1, 0.15) is 10.4 Å². The lowest BCUT2D eigenvalue weighted by atomic mass is 10.2. The third-order valence-corrected chi connectivity index (χ3v) is 4.71. The van der Waals surface area contributed by atoms with Gasteiger partial charge in [-0.05, 0) is 71.2 Å². The van der Waals surface area contributed by atoms with Crippen LogP contribution in [0.2, 0.25) is 5.02 Å². The predicted octanol–water partition coefficient (Wildman–Crippen LogP) is 4.01. The minimum absolute atomic E-state index is 0.0330. The maximum Gasteiger partial charge on any atom is 0.269 e. The molecule has 0 aliphatic carbocycles. The van der Waals surface area contributed by atoms with Gasteiger partial charge in [-0.25, -0.2) is 4.57 Å². The van der Waals surface area contributed by atoms with E-state index in [4.69, 9.17) is 28.6 Å². The molecule has 0 aliphatic heterocycles. The van der Waals surface area contributed by atoms with Crippen LogP contribution >= 0.6 is 46.4 Å². The molecule has 8 heteroatoms. The minimum atomic E-state index is -0.549. The van der Waals surface area contributed by atoms with Crippen molar-refractivity contribution in [3.05, 3.63) is 65.7 Å². The number of aromatic nitrogens is 2. The Morgan fingerprint density at radius 3 is 2.71 bits per heavy atom. The zero-order valence-electron chi connectivity index (χ0n) is 12.3. The first kappa shape index (κ1) is 17.1. The number of fused-ring (bicyclic) bond motifs is 1. The van der Waals surface area contributed by atoms with E-state index in [-0.39, 0.29) is 15.4 Å². The molecule has 0 unspecified atom stereocenters. The molecule has 24 heavy (non-hydrogen) atoms. The summed E-state index contributed by atoms with van der Waals surface area (Å²) in [6.07, 6.45) is 0. The van der Waals surface area contributed by atoms with Gasteiger partial charge in [0.15, 0.2) is 4.77 Å². The number of nitrogens with one attached hydrogen (secondary N) is 1. The average molecular weight is 473 g/mol. The summed E-state index contributed by atoms with van der Waals surface area (Å²) in [6.45, 7) is 0. The van der Waals surface area contributed by atoms with Crippen LogP contribution < -0.4 is 10.3 Å². The molecule has 0 bridgehead atoms. The summed E-state index contributed by atoms with van der Waals surface area (Å²) in [4.78, 5) is 28.4. The van der Waals surface area contributed by atoms with Crippen molar-refractivity contribution in [1.29, 1.82) is 0 Å². The molecule has 0 aliphatic rings. The highest BCUT2D eigenvalue weighted by Crippen LogP contribution is 2.25. The number of benzene rings is 2. The van der Waals surface area contributed by atoms with Crippen LogP contribution in [0.15, 0.2) is 41.2 Å². The number of nitrogens with zero attached hydrogens (tertiary/aromatic N) is 1. The summed E-state index contributed by atoms with van der Waals surface area (Å²) >= 11 is 13.3. The van der Waals surface area contributed by atoms with Crippen molar-refractivity contribution in [2.45, 2.75) is 0 Å². The van der Waals surface area contributed by atoms with E-state index in [2.05, 4.69) is 27.6 Å². The van der Waals surface area contributed by atoms with Gasteiger partial charge in [0.1, 0.15) is 5.75 Å². The molecule has 0 spiro atoms. The smallest absolute Gasteiger partial charge is 0.269 e. The highest BCUT2D eigenvalue weighted by molar-refractivity contribution is 14.1. The van der Waals surface area contributed by atoms with Gasteiger partial charge in [0, 0.05) is 9.13 Å². The first-order valence-electron chi connectivity index (χ1n) is 6.75. The molecule has 3 rings (SSSR count). The van der Waals surface area contributed by atoms with E-state index in [0.717, 1.165) is 8.14 Å². The fraction of sp³-hybridized carbons (Fsp3) is 0.0625. The van der Waals surface area contributed by atoms with Crippen LogP contribution in [-0.2, 0) is 0 Å². The molecular weight excluding hydrogens is 463 g/mol. The lowest BCUT2D eigenvalue weighted by Crippen LogP contribution is -2.29. The van der Waals surface area contributed by atoms with Crippen molar-refractivity contribution in [3.63, 3.8) is 0 Å². The Morgan fingerprint density at radius 2 is 2.04 bits per heavy atom. The number of hydrogen-bond acceptors (Lipinski definition) is 4. The van der Waals surface area contributed by atoms with Crippen molar-refractivity contribution in [3.8, 4) is 5.75 Å².